The van der Waals surface area contributed by atoms with Crippen molar-refractivity contribution in [2.75, 3.05) is 5.75 Å². The van der Waals surface area contributed by atoms with Gasteiger partial charge in [-0.05, 0) is 24.0 Å². The van der Waals surface area contributed by atoms with Crippen LogP contribution in [0.1, 0.15) is 12.6 Å². The molecule has 4 rings (SSSR count). The van der Waals surface area contributed by atoms with Crippen molar-refractivity contribution in [3.8, 4) is 11.3 Å². The first-order valence-electron chi connectivity index (χ1n) is 9.57. The zero-order chi connectivity index (χ0) is 24.9. The van der Waals surface area contributed by atoms with Crippen molar-refractivity contribution in [2.45, 2.75) is 36.6 Å². The molecule has 0 aliphatic carbocycles. The highest BCUT2D eigenvalue weighted by molar-refractivity contribution is 7.99. The summed E-state index contributed by atoms with van der Waals surface area (Å²) in [4.78, 5) is 12.3. The summed E-state index contributed by atoms with van der Waals surface area (Å²) in [6, 6.07) is 4.35. The maximum Gasteiger partial charge on any atom is 0.455 e. The van der Waals surface area contributed by atoms with E-state index in [1.807, 2.05) is 6.92 Å². The van der Waals surface area contributed by atoms with Crippen LogP contribution in [0.15, 0.2) is 41.7 Å². The van der Waals surface area contributed by atoms with Crippen LogP contribution in [0.2, 0.25) is 0 Å². The Morgan fingerprint density at radius 2 is 1.62 bits per heavy atom. The number of nitrogens with zero attached hydrogens (tertiary/aromatic N) is 5. The van der Waals surface area contributed by atoms with Crippen molar-refractivity contribution in [3.63, 3.8) is 0 Å². The number of hydrogen-bond donors (Lipinski definition) is 0. The molecule has 34 heavy (non-hydrogen) atoms. The van der Waals surface area contributed by atoms with Crippen LogP contribution < -0.4 is 0 Å². The molecule has 0 aliphatic heterocycles. The minimum Gasteiger partial charge on any atom is -0.257 e. The van der Waals surface area contributed by atoms with Crippen molar-refractivity contribution in [1.82, 2.24) is 24.7 Å². The molecule has 0 atom stereocenters. The van der Waals surface area contributed by atoms with E-state index in [0.717, 1.165) is 12.4 Å². The molecule has 0 N–H and O–H groups in total. The molecule has 0 radical (unpaired) electrons. The first-order valence-corrected chi connectivity index (χ1v) is 10.6. The molecule has 0 spiro atoms. The van der Waals surface area contributed by atoms with Gasteiger partial charge >= 0.3 is 18.3 Å². The largest absolute Gasteiger partial charge is 0.455 e. The molecule has 0 aliphatic rings. The third-order valence-corrected chi connectivity index (χ3v) is 5.74. The number of pyridine rings is 1. The quantitative estimate of drug-likeness (QED) is 0.232. The van der Waals surface area contributed by atoms with Crippen LogP contribution in [-0.2, 0) is 12.7 Å². The Balaban J connectivity index is 1.80. The third-order valence-electron chi connectivity index (χ3n) is 4.80. The van der Waals surface area contributed by atoms with E-state index in [4.69, 9.17) is 0 Å². The molecule has 180 valence electrons. The minimum atomic E-state index is -5.74. The molecular formula is C20H13F8N5S. The number of hydrogen-bond acceptors (Lipinski definition) is 5. The van der Waals surface area contributed by atoms with Crippen LogP contribution in [0.3, 0.4) is 0 Å². The predicted octanol–water partition coefficient (Wildman–Crippen LogP) is 6.37. The van der Waals surface area contributed by atoms with Gasteiger partial charge in [0.2, 0.25) is 0 Å². The normalized spacial score (nSPS) is 13.2. The number of fused-ring (bicyclic) bond motifs is 2. The molecule has 5 nitrogen and oxygen atoms in total. The van der Waals surface area contributed by atoms with Crippen LogP contribution in [0.25, 0.3) is 33.2 Å². The Hall–Kier alpha value is -3.03. The van der Waals surface area contributed by atoms with Crippen molar-refractivity contribution < 1.29 is 35.1 Å². The van der Waals surface area contributed by atoms with E-state index in [2.05, 4.69) is 20.1 Å². The Labute approximate surface area is 190 Å². The van der Waals surface area contributed by atoms with Gasteiger partial charge < -0.3 is 0 Å². The Morgan fingerprint density at radius 3 is 2.26 bits per heavy atom. The van der Waals surface area contributed by atoms with Gasteiger partial charge in [-0.3, -0.25) is 14.6 Å². The summed E-state index contributed by atoms with van der Waals surface area (Å²) in [6.07, 6.45) is -7.60. The van der Waals surface area contributed by atoms with Gasteiger partial charge in [0.15, 0.2) is 5.69 Å². The molecule has 0 saturated carbocycles. The van der Waals surface area contributed by atoms with Gasteiger partial charge in [0, 0.05) is 15.8 Å². The van der Waals surface area contributed by atoms with E-state index in [0.29, 0.717) is 27.1 Å². The molecule has 4 aromatic rings. The first kappa shape index (κ1) is 24.1. The van der Waals surface area contributed by atoms with E-state index in [9.17, 15) is 35.1 Å². The smallest absolute Gasteiger partial charge is 0.257 e. The monoisotopic (exact) mass is 507 g/mol. The Bertz CT molecular complexity index is 1360. The van der Waals surface area contributed by atoms with Gasteiger partial charge in [-0.1, -0.05) is 6.92 Å². The van der Waals surface area contributed by atoms with Crippen LogP contribution in [0.4, 0.5) is 35.1 Å². The van der Waals surface area contributed by atoms with Gasteiger partial charge in [0.1, 0.15) is 6.54 Å². The molecule has 0 bridgehead atoms. The van der Waals surface area contributed by atoms with E-state index in [-0.39, 0.29) is 27.6 Å². The summed E-state index contributed by atoms with van der Waals surface area (Å²) in [6.45, 7) is 0.141. The summed E-state index contributed by atoms with van der Waals surface area (Å²) in [5.41, 5.74) is -0.368. The molecule has 3 heterocycles. The second kappa shape index (κ2) is 8.32. The van der Waals surface area contributed by atoms with Gasteiger partial charge in [-0.25, -0.2) is 4.98 Å². The molecule has 14 heteroatoms. The highest BCUT2D eigenvalue weighted by atomic mass is 32.2. The van der Waals surface area contributed by atoms with Crippen LogP contribution >= 0.6 is 11.8 Å². The second-order valence-corrected chi connectivity index (χ2v) is 8.46. The fraction of sp³-hybridized carbons (Fsp3) is 0.300. The zero-order valence-electron chi connectivity index (χ0n) is 17.0. The summed E-state index contributed by atoms with van der Waals surface area (Å²) >= 11 is 1.37. The summed E-state index contributed by atoms with van der Waals surface area (Å²) in [5, 5.41) is 3.85. The number of aromatic nitrogens is 5. The lowest BCUT2D eigenvalue weighted by Crippen LogP contribution is -2.40. The topological polar surface area (TPSA) is 56.5 Å². The zero-order valence-corrected chi connectivity index (χ0v) is 17.9. The average Bonchev–Trinajstić information content (AvgIpc) is 3.13. The molecule has 0 amide bonds. The fourth-order valence-corrected chi connectivity index (χ4v) is 4.00. The van der Waals surface area contributed by atoms with Crippen LogP contribution in [0, 0.1) is 0 Å². The summed E-state index contributed by atoms with van der Waals surface area (Å²) < 4.78 is 104. The third kappa shape index (κ3) is 4.50. The molecule has 0 saturated heterocycles. The van der Waals surface area contributed by atoms with Gasteiger partial charge in [0.05, 0.1) is 40.8 Å². The SMILES string of the molecule is CCSc1cc2ncc(C(F)(F)F)nc2cc1-c1cc2cnn(CC(F)(F)C(F)(F)F)c2cn1. The van der Waals surface area contributed by atoms with E-state index < -0.39 is 30.5 Å². The molecule has 0 unspecified atom stereocenters. The summed E-state index contributed by atoms with van der Waals surface area (Å²) in [5.74, 6) is -4.39. The van der Waals surface area contributed by atoms with Crippen molar-refractivity contribution in [2.24, 2.45) is 0 Å². The first-order chi connectivity index (χ1) is 15.8. The van der Waals surface area contributed by atoms with Gasteiger partial charge in [-0.2, -0.15) is 40.2 Å². The lowest BCUT2D eigenvalue weighted by Gasteiger charge is -2.19. The van der Waals surface area contributed by atoms with Crippen LogP contribution in [-0.4, -0.2) is 42.6 Å². The Kier molecular flexibility index (Phi) is 5.90. The summed E-state index contributed by atoms with van der Waals surface area (Å²) in [7, 11) is 0. The second-order valence-electron chi connectivity index (χ2n) is 7.16. The molecule has 3 aromatic heterocycles. The lowest BCUT2D eigenvalue weighted by atomic mass is 10.1. The molecule has 0 fully saturated rings. The number of rotatable bonds is 5. The van der Waals surface area contributed by atoms with Crippen molar-refractivity contribution >= 4 is 33.7 Å². The van der Waals surface area contributed by atoms with Crippen molar-refractivity contribution in [1.29, 1.82) is 0 Å². The van der Waals surface area contributed by atoms with E-state index in [1.165, 1.54) is 23.9 Å². The highest BCUT2D eigenvalue weighted by Gasteiger charge is 2.57. The minimum absolute atomic E-state index is 0.0345. The number of alkyl halides is 8. The Morgan fingerprint density at radius 1 is 0.882 bits per heavy atom. The highest BCUT2D eigenvalue weighted by Crippen LogP contribution is 2.38. The lowest BCUT2D eigenvalue weighted by molar-refractivity contribution is -0.287. The van der Waals surface area contributed by atoms with Crippen molar-refractivity contribution in [3.05, 3.63) is 42.5 Å². The fourth-order valence-electron chi connectivity index (χ4n) is 3.18. The maximum absolute atomic E-state index is 13.5. The number of thioether (sulfide) groups is 1. The standard InChI is InChI=1S/C20H13F8N5S/c1-2-34-16-5-13-14(32-17(8-30-13)19(23,24)25)4-11(16)12-3-10-6-31-33(15(10)7-29-12)9-18(21,22)20(26,27)28/h3-8H,2,9H2,1H3. The number of halogens is 8. The van der Waals surface area contributed by atoms with E-state index in [1.54, 1.807) is 6.07 Å². The van der Waals surface area contributed by atoms with Gasteiger partial charge in [0.25, 0.3) is 0 Å². The van der Waals surface area contributed by atoms with Crippen LogP contribution in [0.5, 0.6) is 0 Å². The average molecular weight is 507 g/mol. The predicted molar refractivity (Wildman–Crippen MR) is 108 cm³/mol. The molecule has 1 aromatic carbocycles. The van der Waals surface area contributed by atoms with Gasteiger partial charge in [-0.15, -0.1) is 11.8 Å². The number of benzene rings is 1. The molecular weight excluding hydrogens is 494 g/mol. The maximum atomic E-state index is 13.5. The van der Waals surface area contributed by atoms with E-state index >= 15 is 0 Å².